The smallest absolute Gasteiger partial charge is 0.336 e. The molecule has 226 valence electrons. The number of aromatic carboxylic acids is 1. The fourth-order valence-corrected chi connectivity index (χ4v) is 6.27. The first-order chi connectivity index (χ1) is 21.1. The standard InChI is InChI=1S/C30H18N2O11S2/c33-27-20-10-14-3-1-2-4-15(14)11-21(20)28(34)25(27)23-8-5-16-9-18(45(41,42)43)13-24(26(16)31-23)32-29(35)19-7-6-17(44(38,39)40)12-22(19)30(36)37/h1-13,25H,(H,32,35)(H,36,37)(H,38,39,40)(H,41,42,43). The predicted octanol–water partition coefficient (Wildman–Crippen LogP) is 3.99. The van der Waals surface area contributed by atoms with Crippen molar-refractivity contribution in [2.45, 2.75) is 15.7 Å². The number of fused-ring (bicyclic) bond motifs is 3. The van der Waals surface area contributed by atoms with Crippen LogP contribution < -0.4 is 5.32 Å². The Morgan fingerprint density at radius 3 is 1.84 bits per heavy atom. The minimum atomic E-state index is -4.84. The molecule has 1 heterocycles. The highest BCUT2D eigenvalue weighted by atomic mass is 32.2. The van der Waals surface area contributed by atoms with Crippen LogP contribution in [0.3, 0.4) is 0 Å². The van der Waals surface area contributed by atoms with Gasteiger partial charge in [0.1, 0.15) is 5.92 Å². The van der Waals surface area contributed by atoms with Crippen molar-refractivity contribution in [3.05, 3.63) is 107 Å². The lowest BCUT2D eigenvalue weighted by atomic mass is 9.98. The number of hydrogen-bond donors (Lipinski definition) is 4. The summed E-state index contributed by atoms with van der Waals surface area (Å²) in [6.45, 7) is 0. The van der Waals surface area contributed by atoms with Gasteiger partial charge in [0.25, 0.3) is 26.1 Å². The van der Waals surface area contributed by atoms with E-state index in [4.69, 9.17) is 0 Å². The molecule has 0 saturated heterocycles. The summed E-state index contributed by atoms with van der Waals surface area (Å²) < 4.78 is 66.1. The van der Waals surface area contributed by atoms with Gasteiger partial charge in [0.05, 0.1) is 37.8 Å². The monoisotopic (exact) mass is 646 g/mol. The number of ketones is 2. The number of carboxylic acids is 1. The molecule has 0 bridgehead atoms. The highest BCUT2D eigenvalue weighted by Crippen LogP contribution is 2.37. The molecule has 13 nitrogen and oxygen atoms in total. The molecule has 1 aliphatic rings. The Balaban J connectivity index is 1.46. The maximum Gasteiger partial charge on any atom is 0.336 e. The van der Waals surface area contributed by atoms with Crippen LogP contribution in [-0.4, -0.2) is 59.5 Å². The van der Waals surface area contributed by atoms with E-state index in [0.717, 1.165) is 35.0 Å². The van der Waals surface area contributed by atoms with Crippen molar-refractivity contribution in [1.29, 1.82) is 0 Å². The normalized spacial score (nSPS) is 13.7. The second-order valence-electron chi connectivity index (χ2n) is 10.1. The molecule has 4 N–H and O–H groups in total. The lowest BCUT2D eigenvalue weighted by molar-refractivity contribution is 0.0691. The number of hydrogen-bond acceptors (Lipinski definition) is 9. The summed E-state index contributed by atoms with van der Waals surface area (Å²) in [6.07, 6.45) is 0. The van der Waals surface area contributed by atoms with Crippen molar-refractivity contribution in [2.75, 3.05) is 5.32 Å². The molecule has 0 aliphatic heterocycles. The van der Waals surface area contributed by atoms with Gasteiger partial charge in [-0.05, 0) is 59.3 Å². The molecule has 6 rings (SSSR count). The van der Waals surface area contributed by atoms with Crippen LogP contribution >= 0.6 is 0 Å². The first kappa shape index (κ1) is 29.7. The summed E-state index contributed by atoms with van der Waals surface area (Å²) in [4.78, 5) is 55.0. The number of pyridine rings is 1. The highest BCUT2D eigenvalue weighted by Gasteiger charge is 2.41. The Bertz CT molecular complexity index is 2350. The third kappa shape index (κ3) is 5.23. The molecule has 0 spiro atoms. The van der Waals surface area contributed by atoms with Crippen molar-refractivity contribution in [2.24, 2.45) is 0 Å². The van der Waals surface area contributed by atoms with Gasteiger partial charge in [0.15, 0.2) is 11.6 Å². The van der Waals surface area contributed by atoms with Crippen molar-refractivity contribution in [1.82, 2.24) is 4.98 Å². The van der Waals surface area contributed by atoms with E-state index in [-0.39, 0.29) is 33.4 Å². The number of aromatic nitrogens is 1. The molecule has 0 fully saturated rings. The van der Waals surface area contributed by atoms with E-state index < -0.39 is 70.5 Å². The van der Waals surface area contributed by atoms with E-state index in [0.29, 0.717) is 6.07 Å². The van der Waals surface area contributed by atoms with E-state index >= 15 is 0 Å². The fraction of sp³-hybridized carbons (Fsp3) is 0.0333. The van der Waals surface area contributed by atoms with E-state index in [2.05, 4.69) is 10.3 Å². The topological polar surface area (TPSA) is 222 Å². The fourth-order valence-electron chi connectivity index (χ4n) is 5.22. The van der Waals surface area contributed by atoms with Crippen molar-refractivity contribution in [3.8, 4) is 0 Å². The predicted molar refractivity (Wildman–Crippen MR) is 158 cm³/mol. The first-order valence-corrected chi connectivity index (χ1v) is 15.7. The summed E-state index contributed by atoms with van der Waals surface area (Å²) in [7, 11) is -9.65. The molecule has 1 aliphatic carbocycles. The van der Waals surface area contributed by atoms with E-state index in [1.54, 1.807) is 36.4 Å². The zero-order valence-electron chi connectivity index (χ0n) is 22.5. The zero-order chi connectivity index (χ0) is 32.4. The molecular formula is C30H18N2O11S2. The van der Waals surface area contributed by atoms with Gasteiger partial charge in [-0.3, -0.25) is 23.5 Å². The van der Waals surface area contributed by atoms with Gasteiger partial charge in [-0.15, -0.1) is 0 Å². The van der Waals surface area contributed by atoms with Crippen LogP contribution in [0.2, 0.25) is 0 Å². The number of carbonyl (C=O) groups excluding carboxylic acids is 3. The maximum absolute atomic E-state index is 13.5. The van der Waals surface area contributed by atoms with Gasteiger partial charge < -0.3 is 10.4 Å². The summed E-state index contributed by atoms with van der Waals surface area (Å²) in [6, 6.07) is 17.1. The molecular weight excluding hydrogens is 628 g/mol. The van der Waals surface area contributed by atoms with Crippen LogP contribution in [0.4, 0.5) is 5.69 Å². The van der Waals surface area contributed by atoms with Crippen LogP contribution in [0.15, 0.2) is 88.7 Å². The molecule has 0 atom stereocenters. The number of benzene rings is 4. The molecule has 0 unspecified atom stereocenters. The zero-order valence-corrected chi connectivity index (χ0v) is 24.1. The Kier molecular flexibility index (Phi) is 6.85. The molecule has 0 radical (unpaired) electrons. The largest absolute Gasteiger partial charge is 0.478 e. The van der Waals surface area contributed by atoms with Gasteiger partial charge in [-0.25, -0.2) is 9.78 Å². The number of carbonyl (C=O) groups is 4. The first-order valence-electron chi connectivity index (χ1n) is 12.8. The summed E-state index contributed by atoms with van der Waals surface area (Å²) in [5, 5.41) is 13.5. The van der Waals surface area contributed by atoms with Gasteiger partial charge in [0.2, 0.25) is 0 Å². The second-order valence-corrected chi connectivity index (χ2v) is 12.9. The van der Waals surface area contributed by atoms with Crippen molar-refractivity contribution >= 4 is 71.0 Å². The number of nitrogens with one attached hydrogen (secondary N) is 1. The van der Waals surface area contributed by atoms with E-state index in [9.17, 15) is 50.2 Å². The molecule has 1 aromatic heterocycles. The van der Waals surface area contributed by atoms with Gasteiger partial charge in [-0.2, -0.15) is 16.8 Å². The molecule has 5 aromatic rings. The summed E-state index contributed by atoms with van der Waals surface area (Å²) >= 11 is 0. The minimum absolute atomic E-state index is 0.0170. The minimum Gasteiger partial charge on any atom is -0.478 e. The van der Waals surface area contributed by atoms with E-state index in [1.165, 1.54) is 12.1 Å². The van der Waals surface area contributed by atoms with Gasteiger partial charge >= 0.3 is 5.97 Å². The number of carboxylic acid groups (broad SMARTS) is 1. The Hall–Kier alpha value is -5.35. The Labute approximate surface area is 253 Å². The molecule has 0 saturated carbocycles. The summed E-state index contributed by atoms with van der Waals surface area (Å²) in [5.74, 6) is -5.25. The molecule has 15 heteroatoms. The van der Waals surface area contributed by atoms with Crippen molar-refractivity contribution < 1.29 is 50.2 Å². The third-order valence-electron chi connectivity index (χ3n) is 7.33. The summed E-state index contributed by atoms with van der Waals surface area (Å²) in [5.41, 5.74) is -1.44. The van der Waals surface area contributed by atoms with Crippen LogP contribution in [0.1, 0.15) is 53.0 Å². The lowest BCUT2D eigenvalue weighted by Crippen LogP contribution is -2.18. The number of rotatable bonds is 6. The van der Waals surface area contributed by atoms with Crippen LogP contribution in [0, 0.1) is 0 Å². The van der Waals surface area contributed by atoms with Crippen LogP contribution in [-0.2, 0) is 20.2 Å². The van der Waals surface area contributed by atoms with Crippen molar-refractivity contribution in [3.63, 3.8) is 0 Å². The number of nitrogens with zero attached hydrogens (tertiary/aromatic N) is 1. The quantitative estimate of drug-likeness (QED) is 0.152. The third-order valence-corrected chi connectivity index (χ3v) is 9.02. The lowest BCUT2D eigenvalue weighted by Gasteiger charge is -2.14. The molecule has 1 amide bonds. The highest BCUT2D eigenvalue weighted by molar-refractivity contribution is 7.86. The second kappa shape index (κ2) is 10.4. The van der Waals surface area contributed by atoms with E-state index in [1.807, 2.05) is 0 Å². The Morgan fingerprint density at radius 2 is 1.29 bits per heavy atom. The molecule has 45 heavy (non-hydrogen) atoms. The number of amides is 1. The van der Waals surface area contributed by atoms with Gasteiger partial charge in [-0.1, -0.05) is 30.3 Å². The molecule has 4 aromatic carbocycles. The number of anilines is 1. The van der Waals surface area contributed by atoms with Crippen LogP contribution in [0.5, 0.6) is 0 Å². The maximum atomic E-state index is 13.5. The average Bonchev–Trinajstić information content (AvgIpc) is 3.22. The van der Waals surface area contributed by atoms with Gasteiger partial charge in [0, 0.05) is 16.5 Å². The Morgan fingerprint density at radius 1 is 0.689 bits per heavy atom. The average molecular weight is 647 g/mol. The SMILES string of the molecule is O=C(O)c1cc(S(=O)(=O)O)ccc1C(=O)Nc1cc(S(=O)(=O)O)cc2ccc(C3C(=O)c4cc5ccccc5cc4C3=O)nc12. The van der Waals surface area contributed by atoms with Crippen LogP contribution in [0.25, 0.3) is 21.7 Å². The number of Topliss-reactive ketones (excluding diaryl/α,β-unsaturated/α-hetero) is 2.